The van der Waals surface area contributed by atoms with Crippen molar-refractivity contribution in [3.05, 3.63) is 35.2 Å². The van der Waals surface area contributed by atoms with Crippen LogP contribution in [0.5, 0.6) is 0 Å². The molecule has 0 spiro atoms. The van der Waals surface area contributed by atoms with E-state index in [0.29, 0.717) is 11.9 Å². The fourth-order valence-corrected chi connectivity index (χ4v) is 2.87. The van der Waals surface area contributed by atoms with Crippen LogP contribution in [0.25, 0.3) is 11.4 Å². The van der Waals surface area contributed by atoms with Gasteiger partial charge in [0.2, 0.25) is 11.7 Å². The van der Waals surface area contributed by atoms with E-state index in [1.807, 2.05) is 0 Å². The lowest BCUT2D eigenvalue weighted by Crippen LogP contribution is -2.35. The standard InChI is InChI=1S/C16H21N3O/c1-11-7-12(2)9-13(8-11)16-18-15(20-19-16)10-14-5-3-4-6-17-14/h7-9,14,17H,3-6,10H2,1-2H3. The number of rotatable bonds is 3. The van der Waals surface area contributed by atoms with Crippen molar-refractivity contribution in [1.82, 2.24) is 15.5 Å². The van der Waals surface area contributed by atoms with E-state index in [2.05, 4.69) is 47.5 Å². The van der Waals surface area contributed by atoms with E-state index in [1.54, 1.807) is 0 Å². The summed E-state index contributed by atoms with van der Waals surface area (Å²) in [5, 5.41) is 7.63. The molecule has 4 nitrogen and oxygen atoms in total. The summed E-state index contributed by atoms with van der Waals surface area (Å²) in [6.07, 6.45) is 4.59. The molecule has 106 valence electrons. The van der Waals surface area contributed by atoms with Crippen LogP contribution in [0.15, 0.2) is 22.7 Å². The zero-order valence-corrected chi connectivity index (χ0v) is 12.1. The van der Waals surface area contributed by atoms with Crippen LogP contribution in [-0.2, 0) is 6.42 Å². The van der Waals surface area contributed by atoms with Gasteiger partial charge in [-0.15, -0.1) is 0 Å². The topological polar surface area (TPSA) is 51.0 Å². The van der Waals surface area contributed by atoms with E-state index in [4.69, 9.17) is 4.52 Å². The molecule has 1 N–H and O–H groups in total. The van der Waals surface area contributed by atoms with E-state index >= 15 is 0 Å². The van der Waals surface area contributed by atoms with Crippen molar-refractivity contribution in [2.45, 2.75) is 45.6 Å². The third-order valence-electron chi connectivity index (χ3n) is 3.78. The SMILES string of the molecule is Cc1cc(C)cc(-c2noc(CC3CCCCN3)n2)c1. The number of nitrogens with one attached hydrogen (secondary N) is 1. The Hall–Kier alpha value is -1.68. The maximum absolute atomic E-state index is 5.40. The van der Waals surface area contributed by atoms with E-state index < -0.39 is 0 Å². The molecule has 0 radical (unpaired) electrons. The number of hydrogen-bond acceptors (Lipinski definition) is 4. The molecule has 0 amide bonds. The zero-order chi connectivity index (χ0) is 13.9. The predicted molar refractivity (Wildman–Crippen MR) is 78.6 cm³/mol. The van der Waals surface area contributed by atoms with Gasteiger partial charge >= 0.3 is 0 Å². The summed E-state index contributed by atoms with van der Waals surface area (Å²) in [5.74, 6) is 1.43. The number of aryl methyl sites for hydroxylation is 2. The van der Waals surface area contributed by atoms with E-state index in [0.717, 1.165) is 24.4 Å². The Kier molecular flexibility index (Phi) is 3.83. The minimum atomic E-state index is 0.483. The van der Waals surface area contributed by atoms with Crippen molar-refractivity contribution in [3.63, 3.8) is 0 Å². The average molecular weight is 271 g/mol. The molecule has 1 unspecified atom stereocenters. The van der Waals surface area contributed by atoms with Crippen LogP contribution in [0.4, 0.5) is 0 Å². The Morgan fingerprint density at radius 2 is 2.00 bits per heavy atom. The van der Waals surface area contributed by atoms with Gasteiger partial charge in [0.15, 0.2) is 0 Å². The smallest absolute Gasteiger partial charge is 0.228 e. The third-order valence-corrected chi connectivity index (χ3v) is 3.78. The second-order valence-electron chi connectivity index (χ2n) is 5.74. The number of piperidine rings is 1. The van der Waals surface area contributed by atoms with Crippen molar-refractivity contribution < 1.29 is 4.52 Å². The Morgan fingerprint density at radius 1 is 1.20 bits per heavy atom. The summed E-state index contributed by atoms with van der Waals surface area (Å²) >= 11 is 0. The highest BCUT2D eigenvalue weighted by Gasteiger charge is 2.17. The predicted octanol–water partition coefficient (Wildman–Crippen LogP) is 3.04. The molecular weight excluding hydrogens is 250 g/mol. The minimum Gasteiger partial charge on any atom is -0.339 e. The first-order valence-electron chi connectivity index (χ1n) is 7.35. The fraction of sp³-hybridized carbons (Fsp3) is 0.500. The van der Waals surface area contributed by atoms with Gasteiger partial charge in [0.25, 0.3) is 0 Å². The molecule has 1 aromatic carbocycles. The highest BCUT2D eigenvalue weighted by atomic mass is 16.5. The first-order valence-corrected chi connectivity index (χ1v) is 7.35. The van der Waals surface area contributed by atoms with Gasteiger partial charge in [-0.25, -0.2) is 0 Å². The van der Waals surface area contributed by atoms with Crippen molar-refractivity contribution in [3.8, 4) is 11.4 Å². The summed E-state index contributed by atoms with van der Waals surface area (Å²) in [6, 6.07) is 6.83. The monoisotopic (exact) mass is 271 g/mol. The van der Waals surface area contributed by atoms with Gasteiger partial charge in [-0.3, -0.25) is 0 Å². The zero-order valence-electron chi connectivity index (χ0n) is 12.1. The van der Waals surface area contributed by atoms with Gasteiger partial charge in [-0.05, 0) is 45.4 Å². The van der Waals surface area contributed by atoms with E-state index in [-0.39, 0.29) is 0 Å². The molecule has 1 aromatic heterocycles. The first kappa shape index (κ1) is 13.3. The van der Waals surface area contributed by atoms with Crippen LogP contribution >= 0.6 is 0 Å². The van der Waals surface area contributed by atoms with Gasteiger partial charge in [-0.2, -0.15) is 4.98 Å². The molecule has 3 rings (SSSR count). The lowest BCUT2D eigenvalue weighted by molar-refractivity contribution is 0.332. The lowest BCUT2D eigenvalue weighted by Gasteiger charge is -2.21. The third kappa shape index (κ3) is 3.07. The van der Waals surface area contributed by atoms with Crippen molar-refractivity contribution in [2.24, 2.45) is 0 Å². The summed E-state index contributed by atoms with van der Waals surface area (Å²) in [5.41, 5.74) is 3.48. The van der Waals surface area contributed by atoms with Crippen LogP contribution < -0.4 is 5.32 Å². The summed E-state index contributed by atoms with van der Waals surface area (Å²) in [4.78, 5) is 4.54. The molecule has 20 heavy (non-hydrogen) atoms. The molecule has 1 aliphatic heterocycles. The molecule has 4 heteroatoms. The quantitative estimate of drug-likeness (QED) is 0.932. The van der Waals surface area contributed by atoms with Gasteiger partial charge in [0.1, 0.15) is 0 Å². The highest BCUT2D eigenvalue weighted by molar-refractivity contribution is 5.56. The van der Waals surface area contributed by atoms with Gasteiger partial charge in [0.05, 0.1) is 0 Å². The molecule has 2 aromatic rings. The molecule has 1 fully saturated rings. The normalized spacial score (nSPS) is 19.2. The molecular formula is C16H21N3O. The Morgan fingerprint density at radius 3 is 2.70 bits per heavy atom. The Labute approximate surface area is 119 Å². The number of aromatic nitrogens is 2. The maximum Gasteiger partial charge on any atom is 0.228 e. The lowest BCUT2D eigenvalue weighted by atomic mass is 10.0. The molecule has 1 saturated heterocycles. The van der Waals surface area contributed by atoms with E-state index in [9.17, 15) is 0 Å². The molecule has 0 bridgehead atoms. The Bertz CT molecular complexity index is 565. The summed E-state index contributed by atoms with van der Waals surface area (Å²) in [7, 11) is 0. The number of hydrogen-bond donors (Lipinski definition) is 1. The largest absolute Gasteiger partial charge is 0.339 e. The summed E-state index contributed by atoms with van der Waals surface area (Å²) in [6.45, 7) is 5.27. The Balaban J connectivity index is 1.75. The van der Waals surface area contributed by atoms with E-state index in [1.165, 1.54) is 30.4 Å². The molecule has 1 aliphatic rings. The summed E-state index contributed by atoms with van der Waals surface area (Å²) < 4.78 is 5.40. The van der Waals surface area contributed by atoms with Crippen LogP contribution in [0, 0.1) is 13.8 Å². The second-order valence-corrected chi connectivity index (χ2v) is 5.74. The van der Waals surface area contributed by atoms with Crippen molar-refractivity contribution in [2.75, 3.05) is 6.54 Å². The molecule has 0 aliphatic carbocycles. The van der Waals surface area contributed by atoms with Gasteiger partial charge in [-0.1, -0.05) is 28.8 Å². The number of benzene rings is 1. The van der Waals surface area contributed by atoms with Gasteiger partial charge < -0.3 is 9.84 Å². The van der Waals surface area contributed by atoms with Gasteiger partial charge in [0, 0.05) is 18.0 Å². The minimum absolute atomic E-state index is 0.483. The van der Waals surface area contributed by atoms with Crippen molar-refractivity contribution >= 4 is 0 Å². The molecule has 2 heterocycles. The molecule has 1 atom stereocenters. The van der Waals surface area contributed by atoms with Crippen LogP contribution in [0.1, 0.15) is 36.3 Å². The molecule has 0 saturated carbocycles. The van der Waals surface area contributed by atoms with Crippen molar-refractivity contribution in [1.29, 1.82) is 0 Å². The van der Waals surface area contributed by atoms with Crippen LogP contribution in [-0.4, -0.2) is 22.7 Å². The highest BCUT2D eigenvalue weighted by Crippen LogP contribution is 2.20. The van der Waals surface area contributed by atoms with Crippen LogP contribution in [0.2, 0.25) is 0 Å². The first-order chi connectivity index (χ1) is 9.70. The maximum atomic E-state index is 5.40. The van der Waals surface area contributed by atoms with Crippen LogP contribution in [0.3, 0.4) is 0 Å². The average Bonchev–Trinajstić information content (AvgIpc) is 2.87. The second kappa shape index (κ2) is 5.75. The fourth-order valence-electron chi connectivity index (χ4n) is 2.87. The number of nitrogens with zero attached hydrogens (tertiary/aromatic N) is 2.